The number of hydrogen-bond donors (Lipinski definition) is 1. The SMILES string of the molecule is O=C(c1ccncc1)N1CC[C@@](O)(CN2CCC(F)(F)CC2)C1. The van der Waals surface area contributed by atoms with E-state index in [2.05, 4.69) is 4.98 Å². The lowest BCUT2D eigenvalue weighted by Crippen LogP contribution is -2.49. The number of likely N-dealkylation sites (tertiary alicyclic amines) is 2. The lowest BCUT2D eigenvalue weighted by molar-refractivity contribution is -0.0720. The lowest BCUT2D eigenvalue weighted by atomic mass is 10.00. The summed E-state index contributed by atoms with van der Waals surface area (Å²) in [6, 6.07) is 3.29. The van der Waals surface area contributed by atoms with Gasteiger partial charge in [0.05, 0.1) is 12.1 Å². The summed E-state index contributed by atoms with van der Waals surface area (Å²) < 4.78 is 26.4. The van der Waals surface area contributed by atoms with Crippen LogP contribution >= 0.6 is 0 Å². The minimum absolute atomic E-state index is 0.131. The molecule has 1 aromatic rings. The Balaban J connectivity index is 1.57. The van der Waals surface area contributed by atoms with Crippen molar-refractivity contribution in [3.05, 3.63) is 30.1 Å². The van der Waals surface area contributed by atoms with Crippen molar-refractivity contribution in [1.29, 1.82) is 0 Å². The summed E-state index contributed by atoms with van der Waals surface area (Å²) in [4.78, 5) is 19.8. The van der Waals surface area contributed by atoms with Gasteiger partial charge in [0.1, 0.15) is 0 Å². The third kappa shape index (κ3) is 3.84. The van der Waals surface area contributed by atoms with Crippen LogP contribution < -0.4 is 0 Å². The Morgan fingerprint density at radius 2 is 1.83 bits per heavy atom. The number of hydrogen-bond acceptors (Lipinski definition) is 4. The number of rotatable bonds is 3. The first kappa shape index (κ1) is 16.3. The van der Waals surface area contributed by atoms with Crippen molar-refractivity contribution in [2.24, 2.45) is 0 Å². The molecule has 2 aliphatic heterocycles. The maximum absolute atomic E-state index is 13.2. The van der Waals surface area contributed by atoms with E-state index in [1.165, 1.54) is 0 Å². The minimum Gasteiger partial charge on any atom is -0.387 e. The van der Waals surface area contributed by atoms with Crippen molar-refractivity contribution in [2.75, 3.05) is 32.7 Å². The summed E-state index contributed by atoms with van der Waals surface area (Å²) in [6.45, 7) is 1.62. The quantitative estimate of drug-likeness (QED) is 0.912. The third-order valence-electron chi connectivity index (χ3n) is 4.65. The molecule has 0 aromatic carbocycles. The van der Waals surface area contributed by atoms with E-state index in [-0.39, 0.29) is 38.4 Å². The van der Waals surface area contributed by atoms with Crippen LogP contribution in [0.5, 0.6) is 0 Å². The molecule has 0 aliphatic carbocycles. The van der Waals surface area contributed by atoms with Crippen LogP contribution in [0.25, 0.3) is 0 Å². The maximum Gasteiger partial charge on any atom is 0.254 e. The van der Waals surface area contributed by atoms with Gasteiger partial charge in [-0.3, -0.25) is 14.7 Å². The van der Waals surface area contributed by atoms with Crippen LogP contribution in [0.3, 0.4) is 0 Å². The molecule has 0 unspecified atom stereocenters. The summed E-state index contributed by atoms with van der Waals surface area (Å²) in [5.74, 6) is -2.72. The Kier molecular flexibility index (Phi) is 4.33. The number of halogens is 2. The van der Waals surface area contributed by atoms with E-state index in [4.69, 9.17) is 0 Å². The molecule has 1 atom stereocenters. The fraction of sp³-hybridized carbons (Fsp3) is 0.625. The number of nitrogens with zero attached hydrogens (tertiary/aromatic N) is 3. The molecule has 23 heavy (non-hydrogen) atoms. The first-order valence-electron chi connectivity index (χ1n) is 7.89. The number of pyridine rings is 1. The van der Waals surface area contributed by atoms with E-state index >= 15 is 0 Å². The van der Waals surface area contributed by atoms with E-state index < -0.39 is 11.5 Å². The van der Waals surface area contributed by atoms with E-state index in [9.17, 15) is 18.7 Å². The molecular weight excluding hydrogens is 304 g/mol. The van der Waals surface area contributed by atoms with Gasteiger partial charge in [-0.05, 0) is 18.6 Å². The molecule has 2 aliphatic rings. The molecule has 0 radical (unpaired) electrons. The van der Waals surface area contributed by atoms with Crippen molar-refractivity contribution in [3.63, 3.8) is 0 Å². The number of piperidine rings is 1. The van der Waals surface area contributed by atoms with Crippen molar-refractivity contribution < 1.29 is 18.7 Å². The summed E-state index contributed by atoms with van der Waals surface area (Å²) in [7, 11) is 0. The standard InChI is InChI=1S/C16H21F2N3O2/c17-16(18)4-8-20(9-5-16)11-15(23)3-10-21(12-15)14(22)13-1-6-19-7-2-13/h1-2,6-7,23H,3-5,8-12H2/t15-/m1/s1. The number of carbonyl (C=O) groups is 1. The molecule has 126 valence electrons. The zero-order valence-electron chi connectivity index (χ0n) is 12.9. The summed E-state index contributed by atoms with van der Waals surface area (Å²) in [5.41, 5.74) is -0.475. The van der Waals surface area contributed by atoms with Crippen molar-refractivity contribution in [1.82, 2.24) is 14.8 Å². The maximum atomic E-state index is 13.2. The van der Waals surface area contributed by atoms with Gasteiger partial charge in [-0.1, -0.05) is 0 Å². The first-order chi connectivity index (χ1) is 10.9. The molecule has 2 saturated heterocycles. The number of carbonyl (C=O) groups excluding carboxylic acids is 1. The van der Waals surface area contributed by atoms with Gasteiger partial charge >= 0.3 is 0 Å². The highest BCUT2D eigenvalue weighted by molar-refractivity contribution is 5.94. The summed E-state index contributed by atoms with van der Waals surface area (Å²) in [6.07, 6.45) is 3.26. The van der Waals surface area contributed by atoms with Gasteiger partial charge in [0, 0.05) is 57.0 Å². The molecule has 0 saturated carbocycles. The molecule has 2 fully saturated rings. The fourth-order valence-corrected chi connectivity index (χ4v) is 3.29. The van der Waals surface area contributed by atoms with Gasteiger partial charge in [-0.2, -0.15) is 0 Å². The van der Waals surface area contributed by atoms with Crippen molar-refractivity contribution in [3.8, 4) is 0 Å². The Morgan fingerprint density at radius 1 is 1.17 bits per heavy atom. The fourth-order valence-electron chi connectivity index (χ4n) is 3.29. The van der Waals surface area contributed by atoms with E-state index in [1.807, 2.05) is 4.90 Å². The molecule has 3 rings (SSSR count). The zero-order valence-corrected chi connectivity index (χ0v) is 12.9. The van der Waals surface area contributed by atoms with E-state index in [0.717, 1.165) is 0 Å². The molecule has 1 amide bonds. The Hall–Kier alpha value is -1.60. The van der Waals surface area contributed by atoms with Gasteiger partial charge in [-0.25, -0.2) is 8.78 Å². The Morgan fingerprint density at radius 3 is 2.48 bits per heavy atom. The van der Waals surface area contributed by atoms with Crippen LogP contribution in [0.4, 0.5) is 8.78 Å². The second-order valence-electron chi connectivity index (χ2n) is 6.57. The molecule has 1 N–H and O–H groups in total. The molecule has 3 heterocycles. The number of aliphatic hydroxyl groups is 1. The van der Waals surface area contributed by atoms with Gasteiger partial charge in [-0.15, -0.1) is 0 Å². The third-order valence-corrected chi connectivity index (χ3v) is 4.65. The Labute approximate surface area is 133 Å². The average Bonchev–Trinajstić information content (AvgIpc) is 2.92. The van der Waals surface area contributed by atoms with Crippen molar-refractivity contribution >= 4 is 5.91 Å². The molecule has 0 bridgehead atoms. The van der Waals surface area contributed by atoms with Crippen LogP contribution in [0.2, 0.25) is 0 Å². The lowest BCUT2D eigenvalue weighted by Gasteiger charge is -2.36. The number of aromatic nitrogens is 1. The highest BCUT2D eigenvalue weighted by Gasteiger charge is 2.42. The van der Waals surface area contributed by atoms with Crippen LogP contribution in [0.15, 0.2) is 24.5 Å². The predicted molar refractivity (Wildman–Crippen MR) is 80.3 cm³/mol. The highest BCUT2D eigenvalue weighted by atomic mass is 19.3. The first-order valence-corrected chi connectivity index (χ1v) is 7.89. The second kappa shape index (κ2) is 6.13. The normalized spacial score (nSPS) is 28.0. The number of alkyl halides is 2. The van der Waals surface area contributed by atoms with Gasteiger partial charge < -0.3 is 10.0 Å². The van der Waals surface area contributed by atoms with Crippen molar-refractivity contribution in [2.45, 2.75) is 30.8 Å². The molecular formula is C16H21F2N3O2. The molecule has 5 nitrogen and oxygen atoms in total. The zero-order chi connectivity index (χ0) is 16.5. The van der Waals surface area contributed by atoms with E-state index in [0.29, 0.717) is 25.1 Å². The molecule has 7 heteroatoms. The summed E-state index contributed by atoms with van der Waals surface area (Å²) in [5, 5.41) is 10.7. The van der Waals surface area contributed by atoms with Crippen LogP contribution in [0, 0.1) is 0 Å². The Bertz CT molecular complexity index is 560. The monoisotopic (exact) mass is 325 g/mol. The van der Waals surface area contributed by atoms with Crippen LogP contribution in [0.1, 0.15) is 29.6 Å². The smallest absolute Gasteiger partial charge is 0.254 e. The average molecular weight is 325 g/mol. The predicted octanol–water partition coefficient (Wildman–Crippen LogP) is 1.39. The van der Waals surface area contributed by atoms with E-state index in [1.54, 1.807) is 29.4 Å². The highest BCUT2D eigenvalue weighted by Crippen LogP contribution is 2.30. The molecule has 0 spiro atoms. The van der Waals surface area contributed by atoms with Crippen LogP contribution in [-0.2, 0) is 0 Å². The topological polar surface area (TPSA) is 56.7 Å². The van der Waals surface area contributed by atoms with Gasteiger partial charge in [0.25, 0.3) is 11.8 Å². The minimum atomic E-state index is -2.59. The number of β-amino-alcohol motifs (C(OH)–C–C–N with tert-alkyl or cyclic N) is 1. The summed E-state index contributed by atoms with van der Waals surface area (Å²) >= 11 is 0. The van der Waals surface area contributed by atoms with Gasteiger partial charge in [0.2, 0.25) is 0 Å². The van der Waals surface area contributed by atoms with Gasteiger partial charge in [0.15, 0.2) is 0 Å². The number of amides is 1. The largest absolute Gasteiger partial charge is 0.387 e. The van der Waals surface area contributed by atoms with Crippen LogP contribution in [-0.4, -0.2) is 70.0 Å². The molecule has 1 aromatic heterocycles. The second-order valence-corrected chi connectivity index (χ2v) is 6.57.